The molecule has 0 aromatic rings. The summed E-state index contributed by atoms with van der Waals surface area (Å²) in [6.07, 6.45) is -0.574. The summed E-state index contributed by atoms with van der Waals surface area (Å²) in [5.74, 6) is 0.00669. The van der Waals surface area contributed by atoms with E-state index in [9.17, 15) is 9.59 Å². The maximum atomic E-state index is 12.1. The van der Waals surface area contributed by atoms with Crippen molar-refractivity contribution in [1.29, 1.82) is 0 Å². The molecule has 1 aliphatic heterocycles. The van der Waals surface area contributed by atoms with Crippen LogP contribution in [0.25, 0.3) is 0 Å². The molecular formula is C14H24N2O3S3. The van der Waals surface area contributed by atoms with Crippen molar-refractivity contribution in [2.45, 2.75) is 51.0 Å². The van der Waals surface area contributed by atoms with Gasteiger partial charge >= 0.3 is 6.09 Å². The minimum absolute atomic E-state index is 0.0834. The molecule has 1 rings (SSSR count). The zero-order chi connectivity index (χ0) is 17.1. The number of amides is 1. The second-order valence-electron chi connectivity index (χ2n) is 6.29. The Kier molecular flexibility index (Phi) is 6.71. The van der Waals surface area contributed by atoms with Gasteiger partial charge in [-0.2, -0.15) is 0 Å². The molecule has 0 N–H and O–H groups in total. The zero-order valence-electron chi connectivity index (χ0n) is 14.1. The second-order valence-corrected chi connectivity index (χ2v) is 11.0. The third-order valence-electron chi connectivity index (χ3n) is 3.08. The van der Waals surface area contributed by atoms with Crippen molar-refractivity contribution < 1.29 is 14.4 Å². The predicted octanol–water partition coefficient (Wildman–Crippen LogP) is 4.24. The number of thioether (sulfide) groups is 2. The van der Waals surface area contributed by atoms with Crippen molar-refractivity contribution in [1.82, 2.24) is 4.31 Å². The summed E-state index contributed by atoms with van der Waals surface area (Å²) in [6, 6.07) is 0. The Morgan fingerprint density at radius 1 is 1.41 bits per heavy atom. The van der Waals surface area contributed by atoms with Gasteiger partial charge in [0, 0.05) is 18.1 Å². The highest BCUT2D eigenvalue weighted by Crippen LogP contribution is 2.41. The molecule has 1 aliphatic rings. The molecule has 0 unspecified atom stereocenters. The Labute approximate surface area is 145 Å². The monoisotopic (exact) mass is 364 g/mol. The van der Waals surface area contributed by atoms with Gasteiger partial charge < -0.3 is 0 Å². The molecule has 1 amide bonds. The lowest BCUT2D eigenvalue weighted by molar-refractivity contribution is -0.123. The van der Waals surface area contributed by atoms with Gasteiger partial charge in [-0.3, -0.25) is 13.9 Å². The molecular weight excluding hydrogens is 340 g/mol. The Hall–Kier alpha value is -0.340. The topological polar surface area (TPSA) is 59.0 Å². The third kappa shape index (κ3) is 5.09. The van der Waals surface area contributed by atoms with E-state index in [1.807, 2.05) is 41.5 Å². The molecule has 1 saturated heterocycles. The molecule has 0 bridgehead atoms. The Bertz CT molecular complexity index is 476. The van der Waals surface area contributed by atoms with E-state index in [-0.39, 0.29) is 16.4 Å². The van der Waals surface area contributed by atoms with Crippen molar-refractivity contribution in [3.63, 3.8) is 0 Å². The van der Waals surface area contributed by atoms with E-state index >= 15 is 0 Å². The minimum atomic E-state index is -0.688. The van der Waals surface area contributed by atoms with Crippen molar-refractivity contribution in [2.24, 2.45) is 11.1 Å². The number of carbonyl (C=O) groups excluding carboxylic acids is 2. The van der Waals surface area contributed by atoms with Gasteiger partial charge in [-0.15, -0.1) is 11.8 Å². The smallest absolute Gasteiger partial charge is 0.298 e. The molecule has 22 heavy (non-hydrogen) atoms. The molecule has 0 radical (unpaired) electrons. The van der Waals surface area contributed by atoms with Crippen molar-refractivity contribution >= 4 is 52.4 Å². The predicted molar refractivity (Wildman–Crippen MR) is 97.3 cm³/mol. The Morgan fingerprint density at radius 2 is 2.00 bits per heavy atom. The van der Waals surface area contributed by atoms with Crippen LogP contribution in [0, 0.1) is 5.92 Å². The van der Waals surface area contributed by atoms with Gasteiger partial charge in [0.25, 0.3) is 0 Å². The quantitative estimate of drug-likeness (QED) is 0.413. The molecule has 126 valence electrons. The molecule has 0 aromatic carbocycles. The van der Waals surface area contributed by atoms with Crippen LogP contribution in [-0.2, 0) is 9.63 Å². The first-order chi connectivity index (χ1) is 9.97. The number of nitrogens with zero attached hydrogens (tertiary/aromatic N) is 2. The van der Waals surface area contributed by atoms with Crippen molar-refractivity contribution in [3.05, 3.63) is 0 Å². The highest BCUT2D eigenvalue weighted by Gasteiger charge is 2.35. The van der Waals surface area contributed by atoms with Crippen LogP contribution in [-0.4, -0.2) is 42.9 Å². The van der Waals surface area contributed by atoms with E-state index in [2.05, 4.69) is 5.16 Å². The van der Waals surface area contributed by atoms with Crippen LogP contribution in [0.15, 0.2) is 5.16 Å². The molecule has 8 heteroatoms. The number of hydrogen-bond acceptors (Lipinski definition) is 7. The summed E-state index contributed by atoms with van der Waals surface area (Å²) in [5, 5.41) is 5.69. The first kappa shape index (κ1) is 19.7. The standard InChI is InChI=1S/C14H24N2O3S3/c1-9(2)10(17)13(3,4)22-16(7)12(18)19-15-11-14(5,6)21-8-20-11/h9H,8H2,1-7H3. The van der Waals surface area contributed by atoms with Crippen LogP contribution in [0.3, 0.4) is 0 Å². The minimum Gasteiger partial charge on any atom is -0.298 e. The van der Waals surface area contributed by atoms with Gasteiger partial charge in [0.15, 0.2) is 5.78 Å². The summed E-state index contributed by atoms with van der Waals surface area (Å²) < 4.78 is 0.514. The zero-order valence-corrected chi connectivity index (χ0v) is 16.6. The van der Waals surface area contributed by atoms with Gasteiger partial charge in [0.2, 0.25) is 0 Å². The van der Waals surface area contributed by atoms with Crippen LogP contribution < -0.4 is 0 Å². The lowest BCUT2D eigenvalue weighted by Gasteiger charge is -2.28. The lowest BCUT2D eigenvalue weighted by Crippen LogP contribution is -2.36. The van der Waals surface area contributed by atoms with Gasteiger partial charge in [-0.25, -0.2) is 4.79 Å². The van der Waals surface area contributed by atoms with Crippen LogP contribution in [0.4, 0.5) is 4.79 Å². The fourth-order valence-corrected chi connectivity index (χ4v) is 5.79. The van der Waals surface area contributed by atoms with Crippen molar-refractivity contribution in [2.75, 3.05) is 12.1 Å². The Morgan fingerprint density at radius 3 is 2.45 bits per heavy atom. The number of oxime groups is 1. The first-order valence-corrected chi connectivity index (χ1v) is 9.75. The molecule has 0 atom stereocenters. The van der Waals surface area contributed by atoms with E-state index in [4.69, 9.17) is 4.84 Å². The summed E-state index contributed by atoms with van der Waals surface area (Å²) >= 11 is 4.50. The largest absolute Gasteiger partial charge is 0.445 e. The molecule has 0 spiro atoms. The van der Waals surface area contributed by atoms with Crippen LogP contribution in [0.5, 0.6) is 0 Å². The van der Waals surface area contributed by atoms with Gasteiger partial charge in [0.1, 0.15) is 5.04 Å². The Balaban J connectivity index is 2.63. The normalized spacial score (nSPS) is 19.5. The fraction of sp³-hybridized carbons (Fsp3) is 0.786. The molecule has 1 fully saturated rings. The van der Waals surface area contributed by atoms with Crippen LogP contribution in [0.1, 0.15) is 41.5 Å². The van der Waals surface area contributed by atoms with E-state index in [1.54, 1.807) is 30.6 Å². The summed E-state index contributed by atoms with van der Waals surface area (Å²) in [6.45, 7) is 11.4. The van der Waals surface area contributed by atoms with Gasteiger partial charge in [0.05, 0.1) is 9.49 Å². The lowest BCUT2D eigenvalue weighted by atomic mass is 9.98. The summed E-state index contributed by atoms with van der Waals surface area (Å²) in [4.78, 5) is 29.2. The van der Waals surface area contributed by atoms with Gasteiger partial charge in [-0.1, -0.05) is 30.8 Å². The van der Waals surface area contributed by atoms with Crippen LogP contribution in [0.2, 0.25) is 0 Å². The van der Waals surface area contributed by atoms with E-state index in [1.165, 1.54) is 4.31 Å². The number of rotatable bonds is 5. The van der Waals surface area contributed by atoms with E-state index < -0.39 is 10.8 Å². The molecule has 5 nitrogen and oxygen atoms in total. The molecule has 1 heterocycles. The maximum absolute atomic E-state index is 12.1. The summed E-state index contributed by atoms with van der Waals surface area (Å²) in [7, 11) is 1.59. The number of Topliss-reactive ketones (excluding diaryl/α,β-unsaturated/α-hetero) is 1. The second kappa shape index (κ2) is 7.49. The third-order valence-corrected chi connectivity index (χ3v) is 7.00. The molecule has 0 saturated carbocycles. The fourth-order valence-electron chi connectivity index (χ4n) is 1.86. The van der Waals surface area contributed by atoms with Gasteiger partial charge in [-0.05, 0) is 39.6 Å². The number of ketones is 1. The highest BCUT2D eigenvalue weighted by atomic mass is 32.2. The molecule has 0 aliphatic carbocycles. The number of carbonyl (C=O) groups is 2. The maximum Gasteiger partial charge on any atom is 0.445 e. The molecule has 0 aromatic heterocycles. The van der Waals surface area contributed by atoms with Crippen molar-refractivity contribution in [3.8, 4) is 0 Å². The SMILES string of the molecule is CC(C)C(=O)C(C)(C)SN(C)C(=O)ON=C1SCSC1(C)C. The highest BCUT2D eigenvalue weighted by molar-refractivity contribution is 8.29. The van der Waals surface area contributed by atoms with E-state index in [0.717, 1.165) is 22.1 Å². The summed E-state index contributed by atoms with van der Waals surface area (Å²) in [5.41, 5.74) is 0. The van der Waals surface area contributed by atoms with E-state index in [0.29, 0.717) is 0 Å². The number of hydrogen-bond donors (Lipinski definition) is 0. The average molecular weight is 365 g/mol. The first-order valence-electron chi connectivity index (χ1n) is 7.01. The van der Waals surface area contributed by atoms with Crippen LogP contribution >= 0.6 is 35.5 Å². The average Bonchev–Trinajstić information content (AvgIpc) is 2.73.